The molecule has 0 aliphatic rings. The normalized spacial score (nSPS) is 11.1. The second-order valence-electron chi connectivity index (χ2n) is 7.72. The Hall–Kier alpha value is -3.46. The molecule has 31 heavy (non-hydrogen) atoms. The molecule has 2 heterocycles. The number of rotatable bonds is 5. The molecule has 0 atom stereocenters. The van der Waals surface area contributed by atoms with Crippen molar-refractivity contribution < 1.29 is 14.3 Å². The van der Waals surface area contributed by atoms with Gasteiger partial charge in [0.25, 0.3) is 0 Å². The van der Waals surface area contributed by atoms with E-state index in [-0.39, 0.29) is 5.97 Å². The maximum Gasteiger partial charge on any atom is 0.333 e. The third-order valence-electron chi connectivity index (χ3n) is 4.17. The molecule has 0 saturated carbocycles. The number of hydrogen-bond donors (Lipinski definition) is 2. The minimum absolute atomic E-state index is 0.309. The van der Waals surface area contributed by atoms with Gasteiger partial charge in [-0.05, 0) is 57.2 Å². The third-order valence-corrected chi connectivity index (χ3v) is 4.56. The van der Waals surface area contributed by atoms with E-state index in [9.17, 15) is 9.59 Å². The van der Waals surface area contributed by atoms with Crippen molar-refractivity contribution in [2.75, 3.05) is 10.8 Å². The Labute approximate surface area is 185 Å². The van der Waals surface area contributed by atoms with Gasteiger partial charge in [-0.3, -0.25) is 9.78 Å². The molecule has 1 aromatic carbocycles. The van der Waals surface area contributed by atoms with Gasteiger partial charge in [0.1, 0.15) is 17.1 Å². The highest BCUT2D eigenvalue weighted by molar-refractivity contribution is 7.82. The molecule has 0 spiro atoms. The van der Waals surface area contributed by atoms with Crippen molar-refractivity contribution in [3.63, 3.8) is 0 Å². The average molecular weight is 438 g/mol. The second kappa shape index (κ2) is 9.13. The molecule has 3 aromatic rings. The van der Waals surface area contributed by atoms with Crippen LogP contribution in [-0.2, 0) is 4.79 Å². The van der Waals surface area contributed by atoms with E-state index in [1.54, 1.807) is 69.4 Å². The quantitative estimate of drug-likeness (QED) is 0.269. The standard InChI is InChI=1S/C22H23N5O3S/c1-5-12-23-21(29)27(31)18-11-10-16-19(26-18)25-17(13-24-16)14-6-8-15(9-7-14)30-20(28)22(2,3)4/h5-11,13,31H,1,12H2,2-4H3,(H,23,29). The summed E-state index contributed by atoms with van der Waals surface area (Å²) in [6, 6.07) is 9.90. The molecule has 160 valence electrons. The summed E-state index contributed by atoms with van der Waals surface area (Å²) in [4.78, 5) is 37.4. The van der Waals surface area contributed by atoms with E-state index in [2.05, 4.69) is 39.7 Å². The van der Waals surface area contributed by atoms with Crippen LogP contribution in [-0.4, -0.2) is 33.5 Å². The summed E-state index contributed by atoms with van der Waals surface area (Å²) in [6.45, 7) is 9.26. The molecule has 1 N–H and O–H groups in total. The summed E-state index contributed by atoms with van der Waals surface area (Å²) >= 11 is 4.20. The van der Waals surface area contributed by atoms with Gasteiger partial charge in [0.2, 0.25) is 0 Å². The van der Waals surface area contributed by atoms with Crippen LogP contribution in [0.25, 0.3) is 22.4 Å². The second-order valence-corrected chi connectivity index (χ2v) is 8.12. The lowest BCUT2D eigenvalue weighted by atomic mass is 9.97. The van der Waals surface area contributed by atoms with Crippen LogP contribution >= 0.6 is 12.8 Å². The molecule has 2 amide bonds. The number of benzene rings is 1. The fourth-order valence-corrected chi connectivity index (χ4v) is 2.62. The van der Waals surface area contributed by atoms with E-state index in [0.717, 1.165) is 9.87 Å². The number of carbonyl (C=O) groups excluding carboxylic acids is 2. The fourth-order valence-electron chi connectivity index (χ4n) is 2.44. The fraction of sp³-hybridized carbons (Fsp3) is 0.227. The summed E-state index contributed by atoms with van der Waals surface area (Å²) in [5, 5.41) is 2.62. The first-order chi connectivity index (χ1) is 14.7. The zero-order valence-electron chi connectivity index (χ0n) is 17.5. The molecule has 0 bridgehead atoms. The molecule has 3 rings (SSSR count). The number of ether oxygens (including phenoxy) is 1. The number of amides is 2. The SMILES string of the molecule is C=CCNC(=O)N(S)c1ccc2ncc(-c3ccc(OC(=O)C(C)(C)C)cc3)nc2n1. The van der Waals surface area contributed by atoms with E-state index < -0.39 is 11.4 Å². The maximum atomic E-state index is 12.1. The first kappa shape index (κ1) is 22.2. The van der Waals surface area contributed by atoms with Gasteiger partial charge in [0, 0.05) is 12.1 Å². The van der Waals surface area contributed by atoms with Crippen molar-refractivity contribution in [3.8, 4) is 17.0 Å². The van der Waals surface area contributed by atoms with Crippen molar-refractivity contribution in [2.45, 2.75) is 20.8 Å². The monoisotopic (exact) mass is 437 g/mol. The number of esters is 1. The van der Waals surface area contributed by atoms with Crippen molar-refractivity contribution in [2.24, 2.45) is 5.41 Å². The van der Waals surface area contributed by atoms with Crippen LogP contribution in [0.1, 0.15) is 20.8 Å². The lowest BCUT2D eigenvalue weighted by Crippen LogP contribution is -2.34. The Balaban J connectivity index is 1.83. The molecule has 9 heteroatoms. The van der Waals surface area contributed by atoms with Gasteiger partial charge in [-0.25, -0.2) is 19.1 Å². The Kier molecular flexibility index (Phi) is 6.55. The van der Waals surface area contributed by atoms with E-state index in [4.69, 9.17) is 4.74 Å². The van der Waals surface area contributed by atoms with Crippen LogP contribution in [0.15, 0.2) is 55.3 Å². The number of nitrogens with one attached hydrogen (secondary N) is 1. The van der Waals surface area contributed by atoms with Crippen LogP contribution in [0.3, 0.4) is 0 Å². The smallest absolute Gasteiger partial charge is 0.333 e. The summed E-state index contributed by atoms with van der Waals surface area (Å²) in [7, 11) is 0. The number of aromatic nitrogens is 3. The first-order valence-corrected chi connectivity index (χ1v) is 9.93. The van der Waals surface area contributed by atoms with Crippen LogP contribution in [0.4, 0.5) is 10.6 Å². The largest absolute Gasteiger partial charge is 0.426 e. The number of urea groups is 1. The highest BCUT2D eigenvalue weighted by Crippen LogP contribution is 2.25. The van der Waals surface area contributed by atoms with Crippen molar-refractivity contribution >= 4 is 41.8 Å². The summed E-state index contributed by atoms with van der Waals surface area (Å²) in [6.07, 6.45) is 3.20. The predicted octanol–water partition coefficient (Wildman–Crippen LogP) is 4.19. The Morgan fingerprint density at radius 3 is 2.52 bits per heavy atom. The molecule has 0 aliphatic carbocycles. The predicted molar refractivity (Wildman–Crippen MR) is 123 cm³/mol. The summed E-state index contributed by atoms with van der Waals surface area (Å²) < 4.78 is 6.48. The number of fused-ring (bicyclic) bond motifs is 1. The number of pyridine rings is 1. The minimum atomic E-state index is -0.588. The van der Waals surface area contributed by atoms with Gasteiger partial charge >= 0.3 is 12.0 Å². The molecule has 0 fully saturated rings. The van der Waals surface area contributed by atoms with Gasteiger partial charge in [-0.15, -0.1) is 6.58 Å². The van der Waals surface area contributed by atoms with Gasteiger partial charge in [0.15, 0.2) is 5.65 Å². The molecular formula is C22H23N5O3S. The van der Waals surface area contributed by atoms with Crippen LogP contribution in [0, 0.1) is 5.41 Å². The van der Waals surface area contributed by atoms with E-state index >= 15 is 0 Å². The third kappa shape index (κ3) is 5.37. The number of carbonyl (C=O) groups is 2. The molecule has 2 aromatic heterocycles. The summed E-state index contributed by atoms with van der Waals surface area (Å²) in [5.41, 5.74) is 1.73. The van der Waals surface area contributed by atoms with Crippen LogP contribution in [0.2, 0.25) is 0 Å². The van der Waals surface area contributed by atoms with Crippen LogP contribution in [0.5, 0.6) is 5.75 Å². The van der Waals surface area contributed by atoms with E-state index in [1.807, 2.05) is 0 Å². The molecule has 0 saturated heterocycles. The minimum Gasteiger partial charge on any atom is -0.426 e. The van der Waals surface area contributed by atoms with Gasteiger partial charge < -0.3 is 10.1 Å². The van der Waals surface area contributed by atoms with E-state index in [0.29, 0.717) is 35.0 Å². The van der Waals surface area contributed by atoms with Gasteiger partial charge in [-0.1, -0.05) is 18.9 Å². The zero-order chi connectivity index (χ0) is 22.6. The number of hydrogen-bond acceptors (Lipinski definition) is 7. The van der Waals surface area contributed by atoms with E-state index in [1.165, 1.54) is 0 Å². The highest BCUT2D eigenvalue weighted by atomic mass is 32.1. The molecule has 8 nitrogen and oxygen atoms in total. The zero-order valence-corrected chi connectivity index (χ0v) is 18.4. The van der Waals surface area contributed by atoms with Crippen LogP contribution < -0.4 is 14.4 Å². The number of nitrogens with zero attached hydrogens (tertiary/aromatic N) is 4. The lowest BCUT2D eigenvalue weighted by molar-refractivity contribution is -0.142. The van der Waals surface area contributed by atoms with Gasteiger partial charge in [-0.2, -0.15) is 0 Å². The number of anilines is 1. The van der Waals surface area contributed by atoms with Crippen molar-refractivity contribution in [1.82, 2.24) is 20.3 Å². The highest BCUT2D eigenvalue weighted by Gasteiger charge is 2.23. The lowest BCUT2D eigenvalue weighted by Gasteiger charge is -2.16. The topological polar surface area (TPSA) is 97.3 Å². The van der Waals surface area contributed by atoms with Crippen molar-refractivity contribution in [3.05, 3.63) is 55.3 Å². The van der Waals surface area contributed by atoms with Crippen molar-refractivity contribution in [1.29, 1.82) is 0 Å². The first-order valence-electron chi connectivity index (χ1n) is 9.53. The van der Waals surface area contributed by atoms with Gasteiger partial charge in [0.05, 0.1) is 17.3 Å². The molecule has 0 radical (unpaired) electrons. The Morgan fingerprint density at radius 2 is 1.87 bits per heavy atom. The molecular weight excluding hydrogens is 414 g/mol. The average Bonchev–Trinajstić information content (AvgIpc) is 2.76. The Morgan fingerprint density at radius 1 is 1.16 bits per heavy atom. The maximum absolute atomic E-state index is 12.1. The molecule has 0 unspecified atom stereocenters. The molecule has 0 aliphatic heterocycles. The Bertz CT molecular complexity index is 1130. The number of thiol groups is 1. The summed E-state index contributed by atoms with van der Waals surface area (Å²) in [5.74, 6) is 0.457.